The van der Waals surface area contributed by atoms with Crippen molar-refractivity contribution in [3.05, 3.63) is 148 Å². The van der Waals surface area contributed by atoms with Gasteiger partial charge in [-0.2, -0.15) is 0 Å². The van der Waals surface area contributed by atoms with Crippen molar-refractivity contribution in [1.29, 1.82) is 0 Å². The quantitative estimate of drug-likeness (QED) is 0.0875. The van der Waals surface area contributed by atoms with Crippen LogP contribution in [0.1, 0.15) is 33.1 Å². The lowest BCUT2D eigenvalue weighted by atomic mass is 9.96. The predicted octanol–water partition coefficient (Wildman–Crippen LogP) is 7.95. The van der Waals surface area contributed by atoms with E-state index >= 15 is 0 Å². The Labute approximate surface area is 302 Å². The highest BCUT2D eigenvalue weighted by Gasteiger charge is 2.28. The fourth-order valence-electron chi connectivity index (χ4n) is 6.60. The summed E-state index contributed by atoms with van der Waals surface area (Å²) in [4.78, 5) is 31.9. The number of thioether (sulfide) groups is 1. The van der Waals surface area contributed by atoms with Crippen LogP contribution in [0.5, 0.6) is 0 Å². The van der Waals surface area contributed by atoms with Gasteiger partial charge in [-0.25, -0.2) is 9.97 Å². The molecule has 0 saturated carbocycles. The van der Waals surface area contributed by atoms with Gasteiger partial charge in [-0.05, 0) is 53.1 Å². The molecule has 0 N–H and O–H groups in total. The Balaban J connectivity index is 0.926. The number of rotatable bonds is 9. The van der Waals surface area contributed by atoms with Gasteiger partial charge in [0.15, 0.2) is 5.16 Å². The number of nitrogens with zero attached hydrogens (tertiary/aromatic N) is 6. The summed E-state index contributed by atoms with van der Waals surface area (Å²) in [5, 5.41) is 1.83. The van der Waals surface area contributed by atoms with Crippen molar-refractivity contribution < 1.29 is 4.79 Å². The molecule has 5 aromatic rings. The highest BCUT2D eigenvalue weighted by Crippen LogP contribution is 2.30. The number of piperazine rings is 2. The molecule has 7 rings (SSSR count). The molecule has 10 heteroatoms. The predicted molar refractivity (Wildman–Crippen MR) is 201 cm³/mol. The van der Waals surface area contributed by atoms with Crippen molar-refractivity contribution in [1.82, 2.24) is 19.8 Å². The molecule has 49 heavy (non-hydrogen) atoms. The second-order valence-corrected chi connectivity index (χ2v) is 14.1. The average Bonchev–Trinajstić information content (AvgIpc) is 3.15. The van der Waals surface area contributed by atoms with Crippen LogP contribution in [0.2, 0.25) is 10.2 Å². The maximum Gasteiger partial charge on any atom is 0.253 e. The Hall–Kier alpha value is -4.08. The van der Waals surface area contributed by atoms with E-state index in [2.05, 4.69) is 92.5 Å². The Morgan fingerprint density at radius 1 is 0.673 bits per heavy atom. The molecule has 0 bridgehead atoms. The summed E-state index contributed by atoms with van der Waals surface area (Å²) in [6.07, 6.45) is 0. The van der Waals surface area contributed by atoms with Crippen molar-refractivity contribution in [3.8, 4) is 0 Å². The zero-order valence-electron chi connectivity index (χ0n) is 27.2. The number of hydrogen-bond donors (Lipinski definition) is 0. The molecule has 0 aliphatic carbocycles. The summed E-state index contributed by atoms with van der Waals surface area (Å²) in [5.41, 5.74) is 5.53. The standard InChI is InChI=1S/C39H38Cl2N6OS/c40-33-15-17-34(18-16-33)44-19-21-45(22-20-44)36-27-35(41)42-39(43-36)49-28-29-11-13-32(14-12-29)38(48)47-25-23-46(24-26-47)37(30-7-3-1-4-8-30)31-9-5-2-6-10-31/h1-18,27,37H,19-26,28H2. The van der Waals surface area contributed by atoms with Gasteiger partial charge in [0.2, 0.25) is 0 Å². The van der Waals surface area contributed by atoms with Crippen LogP contribution in [0.15, 0.2) is 120 Å². The van der Waals surface area contributed by atoms with Crippen molar-refractivity contribution >= 4 is 52.4 Å². The van der Waals surface area contributed by atoms with Crippen molar-refractivity contribution in [3.63, 3.8) is 0 Å². The molecule has 7 nitrogen and oxygen atoms in total. The molecule has 3 heterocycles. The van der Waals surface area contributed by atoms with Crippen LogP contribution >= 0.6 is 35.0 Å². The minimum absolute atomic E-state index is 0.0776. The van der Waals surface area contributed by atoms with Crippen molar-refractivity contribution in [2.75, 3.05) is 62.2 Å². The van der Waals surface area contributed by atoms with E-state index in [1.165, 1.54) is 16.8 Å². The molecular weight excluding hydrogens is 671 g/mol. The first-order valence-corrected chi connectivity index (χ1v) is 18.4. The van der Waals surface area contributed by atoms with Gasteiger partial charge in [0.1, 0.15) is 11.0 Å². The molecule has 2 aliphatic heterocycles. The van der Waals surface area contributed by atoms with Crippen molar-refractivity contribution in [2.45, 2.75) is 17.0 Å². The minimum atomic E-state index is 0.0776. The second-order valence-electron chi connectivity index (χ2n) is 12.3. The number of benzene rings is 4. The minimum Gasteiger partial charge on any atom is -0.368 e. The van der Waals surface area contributed by atoms with E-state index in [-0.39, 0.29) is 11.9 Å². The summed E-state index contributed by atoms with van der Waals surface area (Å²) < 4.78 is 0. The van der Waals surface area contributed by atoms with Gasteiger partial charge in [-0.1, -0.05) is 108 Å². The first kappa shape index (κ1) is 33.4. The molecule has 250 valence electrons. The van der Waals surface area contributed by atoms with Crippen LogP contribution in [0, 0.1) is 0 Å². The molecule has 1 aromatic heterocycles. The van der Waals surface area contributed by atoms with E-state index in [1.54, 1.807) is 11.8 Å². The molecule has 0 atom stereocenters. The van der Waals surface area contributed by atoms with E-state index in [1.807, 2.05) is 47.4 Å². The van der Waals surface area contributed by atoms with Crippen molar-refractivity contribution in [2.24, 2.45) is 0 Å². The number of anilines is 2. The van der Waals surface area contributed by atoms with Crippen LogP contribution in [0.25, 0.3) is 0 Å². The summed E-state index contributed by atoms with van der Waals surface area (Å²) in [5.74, 6) is 1.60. The largest absolute Gasteiger partial charge is 0.368 e. The number of hydrogen-bond acceptors (Lipinski definition) is 7. The molecule has 2 saturated heterocycles. The summed E-state index contributed by atoms with van der Waals surface area (Å²) in [6.45, 7) is 6.46. The Bertz CT molecular complexity index is 1790. The zero-order valence-corrected chi connectivity index (χ0v) is 29.5. The zero-order chi connectivity index (χ0) is 33.6. The first-order valence-electron chi connectivity index (χ1n) is 16.7. The van der Waals surface area contributed by atoms with E-state index < -0.39 is 0 Å². The number of carbonyl (C=O) groups is 1. The van der Waals surface area contributed by atoms with Crippen LogP contribution in [0.3, 0.4) is 0 Å². The van der Waals surface area contributed by atoms with Crippen LogP contribution in [-0.2, 0) is 5.75 Å². The van der Waals surface area contributed by atoms with E-state index in [0.29, 0.717) is 34.7 Å². The molecule has 2 aliphatic rings. The monoisotopic (exact) mass is 708 g/mol. The molecule has 4 aromatic carbocycles. The Morgan fingerprint density at radius 2 is 1.27 bits per heavy atom. The number of aromatic nitrogens is 2. The fraction of sp³-hybridized carbons (Fsp3) is 0.256. The summed E-state index contributed by atoms with van der Waals surface area (Å²) in [7, 11) is 0. The number of carbonyl (C=O) groups excluding carboxylic acids is 1. The normalized spacial score (nSPS) is 15.5. The SMILES string of the molecule is O=C(c1ccc(CSc2nc(Cl)cc(N3CCN(c4ccc(Cl)cc4)CC3)n2)cc1)N1CCN(C(c2ccccc2)c2ccccc2)CC1. The average molecular weight is 710 g/mol. The maximum atomic E-state index is 13.5. The Morgan fingerprint density at radius 3 is 1.88 bits per heavy atom. The summed E-state index contributed by atoms with van der Waals surface area (Å²) in [6, 6.07) is 39.2. The topological polar surface area (TPSA) is 55.8 Å². The van der Waals surface area contributed by atoms with Gasteiger partial charge in [-0.3, -0.25) is 9.69 Å². The lowest BCUT2D eigenvalue weighted by molar-refractivity contribution is 0.0597. The van der Waals surface area contributed by atoms with Crippen LogP contribution in [0.4, 0.5) is 11.5 Å². The highest BCUT2D eigenvalue weighted by molar-refractivity contribution is 7.98. The van der Waals surface area contributed by atoms with Gasteiger partial charge in [0.05, 0.1) is 6.04 Å². The maximum absolute atomic E-state index is 13.5. The fourth-order valence-corrected chi connectivity index (χ4v) is 7.76. The summed E-state index contributed by atoms with van der Waals surface area (Å²) >= 11 is 14.1. The first-order chi connectivity index (χ1) is 24.0. The molecular formula is C39H38Cl2N6OS. The number of amides is 1. The van der Waals surface area contributed by atoms with E-state index in [9.17, 15) is 4.79 Å². The third-order valence-corrected chi connectivity index (χ3v) is 10.6. The van der Waals surface area contributed by atoms with E-state index in [4.69, 9.17) is 28.2 Å². The van der Waals surface area contributed by atoms with Gasteiger partial charge in [-0.15, -0.1) is 0 Å². The van der Waals surface area contributed by atoms with Gasteiger partial charge in [0, 0.05) is 80.5 Å². The highest BCUT2D eigenvalue weighted by atomic mass is 35.5. The lowest BCUT2D eigenvalue weighted by Crippen LogP contribution is -2.49. The third-order valence-electron chi connectivity index (χ3n) is 9.22. The van der Waals surface area contributed by atoms with E-state index in [0.717, 1.165) is 55.7 Å². The molecule has 0 radical (unpaired) electrons. The molecule has 2 fully saturated rings. The van der Waals surface area contributed by atoms with Crippen LogP contribution in [-0.4, -0.2) is 78.0 Å². The molecule has 0 unspecified atom stereocenters. The number of halogens is 2. The second kappa shape index (κ2) is 15.6. The molecule has 0 spiro atoms. The molecule has 1 amide bonds. The lowest BCUT2D eigenvalue weighted by Gasteiger charge is -2.39. The smallest absolute Gasteiger partial charge is 0.253 e. The van der Waals surface area contributed by atoms with Gasteiger partial charge >= 0.3 is 0 Å². The van der Waals surface area contributed by atoms with Gasteiger partial charge < -0.3 is 14.7 Å². The Kier molecular flexibility index (Phi) is 10.7. The van der Waals surface area contributed by atoms with Gasteiger partial charge in [0.25, 0.3) is 5.91 Å². The third kappa shape index (κ3) is 8.22. The van der Waals surface area contributed by atoms with Crippen LogP contribution < -0.4 is 9.80 Å².